The van der Waals surface area contributed by atoms with Gasteiger partial charge in [0.25, 0.3) is 0 Å². The summed E-state index contributed by atoms with van der Waals surface area (Å²) in [5.41, 5.74) is 6.67. The molecule has 0 radical (unpaired) electrons. The predicted octanol–water partition coefficient (Wildman–Crippen LogP) is 7.03. The number of nitrogens with zero attached hydrogens (tertiary/aromatic N) is 1. The molecular formula is C30H38N2O. The molecule has 0 spiro atoms. The molecule has 0 aromatic heterocycles. The fourth-order valence-electron chi connectivity index (χ4n) is 7.77. The number of unbranched alkanes of at least 4 members (excludes halogenated alkanes) is 1. The maximum absolute atomic E-state index is 5.52. The van der Waals surface area contributed by atoms with E-state index < -0.39 is 0 Å². The fraction of sp³-hybridized carbons (Fsp3) is 0.567. The number of fused-ring (bicyclic) bond motifs is 1. The summed E-state index contributed by atoms with van der Waals surface area (Å²) in [7, 11) is 1.75. The Balaban J connectivity index is 1.26. The lowest BCUT2D eigenvalue weighted by atomic mass is 9.53. The summed E-state index contributed by atoms with van der Waals surface area (Å²) >= 11 is 0. The summed E-state index contributed by atoms with van der Waals surface area (Å²) in [5.74, 6) is 3.84. The molecule has 5 aliphatic rings. The van der Waals surface area contributed by atoms with E-state index in [1.54, 1.807) is 7.11 Å². The Morgan fingerprint density at radius 2 is 1.67 bits per heavy atom. The zero-order chi connectivity index (χ0) is 22.4. The van der Waals surface area contributed by atoms with Gasteiger partial charge in [0, 0.05) is 22.4 Å². The molecule has 1 aliphatic heterocycles. The highest BCUT2D eigenvalue weighted by molar-refractivity contribution is 6.14. The summed E-state index contributed by atoms with van der Waals surface area (Å²) in [6.45, 7) is 2.26. The van der Waals surface area contributed by atoms with Crippen molar-refractivity contribution in [3.63, 3.8) is 0 Å². The molecule has 1 N–H and O–H groups in total. The van der Waals surface area contributed by atoms with Gasteiger partial charge in [0.15, 0.2) is 0 Å². The van der Waals surface area contributed by atoms with E-state index in [4.69, 9.17) is 9.73 Å². The second-order valence-electron chi connectivity index (χ2n) is 11.4. The molecule has 1 atom stereocenters. The molecule has 0 amide bonds. The van der Waals surface area contributed by atoms with Crippen LogP contribution in [0.3, 0.4) is 0 Å². The molecule has 4 fully saturated rings. The Bertz CT molecular complexity index is 1000. The standard InChI is InChI=1S/C30H38N2O/c1-3-4-5-26-15-24-16-27(33-2)10-11-28(24)29(31-26)23-6-8-25(9-7-23)32-30-17-20-12-21(18-30)14-22(13-20)19-30/h6-11,16,20-22,26,32H,3-5,12-15,17-19H2,1-2H3. The molecular weight excluding hydrogens is 404 g/mol. The van der Waals surface area contributed by atoms with Crippen LogP contribution in [0.4, 0.5) is 5.69 Å². The third-order valence-electron chi connectivity index (χ3n) is 8.83. The van der Waals surface area contributed by atoms with E-state index >= 15 is 0 Å². The summed E-state index contributed by atoms with van der Waals surface area (Å²) in [6.07, 6.45) is 13.2. The number of methoxy groups -OCH3 is 1. The van der Waals surface area contributed by atoms with Crippen LogP contribution in [0, 0.1) is 17.8 Å². The minimum Gasteiger partial charge on any atom is -0.497 e. The van der Waals surface area contributed by atoms with Crippen LogP contribution in [0.25, 0.3) is 0 Å². The van der Waals surface area contributed by atoms with Crippen LogP contribution in [0.15, 0.2) is 47.5 Å². The number of hydrogen-bond donors (Lipinski definition) is 1. The van der Waals surface area contributed by atoms with Gasteiger partial charge in [0.05, 0.1) is 18.9 Å². The third kappa shape index (κ3) is 4.09. The monoisotopic (exact) mass is 442 g/mol. The molecule has 4 bridgehead atoms. The van der Waals surface area contributed by atoms with Crippen LogP contribution >= 0.6 is 0 Å². The van der Waals surface area contributed by atoms with Gasteiger partial charge in [-0.25, -0.2) is 0 Å². The van der Waals surface area contributed by atoms with Gasteiger partial charge in [-0.05, 0) is 105 Å². The van der Waals surface area contributed by atoms with Crippen molar-refractivity contribution in [3.05, 3.63) is 59.2 Å². The quantitative estimate of drug-likeness (QED) is 0.499. The number of aliphatic imine (C=N–C) groups is 1. The highest BCUT2D eigenvalue weighted by atomic mass is 16.5. The lowest BCUT2D eigenvalue weighted by molar-refractivity contribution is 0.0107. The summed E-state index contributed by atoms with van der Waals surface area (Å²) in [6, 6.07) is 16.0. The number of anilines is 1. The van der Waals surface area contributed by atoms with Gasteiger partial charge in [-0.15, -0.1) is 0 Å². The normalized spacial score (nSPS) is 31.8. The highest BCUT2D eigenvalue weighted by Crippen LogP contribution is 2.56. The maximum atomic E-state index is 5.52. The van der Waals surface area contributed by atoms with Crippen LogP contribution in [0.5, 0.6) is 5.75 Å². The van der Waals surface area contributed by atoms with Gasteiger partial charge in [0.1, 0.15) is 5.75 Å². The Hall–Kier alpha value is -2.29. The highest BCUT2D eigenvalue weighted by Gasteiger charge is 2.50. The summed E-state index contributed by atoms with van der Waals surface area (Å²) < 4.78 is 5.52. The van der Waals surface area contributed by atoms with Crippen molar-refractivity contribution in [2.75, 3.05) is 12.4 Å². The van der Waals surface area contributed by atoms with Gasteiger partial charge in [-0.2, -0.15) is 0 Å². The lowest BCUT2D eigenvalue weighted by Crippen LogP contribution is -2.54. The van der Waals surface area contributed by atoms with Crippen molar-refractivity contribution in [2.24, 2.45) is 22.7 Å². The van der Waals surface area contributed by atoms with Gasteiger partial charge >= 0.3 is 0 Å². The SMILES string of the molecule is CCCCC1Cc2cc(OC)ccc2C(c2ccc(NC34CC5CC(CC(C5)C3)C4)cc2)=N1. The van der Waals surface area contributed by atoms with Gasteiger partial charge in [-0.1, -0.05) is 31.9 Å². The lowest BCUT2D eigenvalue weighted by Gasteiger charge is -2.57. The average Bonchev–Trinajstić information content (AvgIpc) is 2.81. The van der Waals surface area contributed by atoms with E-state index in [1.165, 1.54) is 73.7 Å². The van der Waals surface area contributed by atoms with Crippen molar-refractivity contribution in [1.29, 1.82) is 0 Å². The van der Waals surface area contributed by atoms with Crippen molar-refractivity contribution >= 4 is 11.4 Å². The Kier molecular flexibility index (Phi) is 5.47. The van der Waals surface area contributed by atoms with Crippen molar-refractivity contribution in [1.82, 2.24) is 0 Å². The molecule has 0 saturated heterocycles. The molecule has 2 aromatic carbocycles. The number of benzene rings is 2. The van der Waals surface area contributed by atoms with Crippen molar-refractivity contribution in [2.45, 2.75) is 82.7 Å². The molecule has 1 heterocycles. The van der Waals surface area contributed by atoms with Crippen LogP contribution in [0.2, 0.25) is 0 Å². The van der Waals surface area contributed by atoms with Crippen molar-refractivity contribution in [3.8, 4) is 5.75 Å². The topological polar surface area (TPSA) is 33.6 Å². The molecule has 4 aliphatic carbocycles. The average molecular weight is 443 g/mol. The van der Waals surface area contributed by atoms with E-state index in [0.717, 1.165) is 42.1 Å². The van der Waals surface area contributed by atoms with Gasteiger partial charge in [0.2, 0.25) is 0 Å². The summed E-state index contributed by atoms with van der Waals surface area (Å²) in [4.78, 5) is 5.25. The second-order valence-corrected chi connectivity index (χ2v) is 11.4. The molecule has 1 unspecified atom stereocenters. The zero-order valence-corrected chi connectivity index (χ0v) is 20.3. The number of nitrogens with one attached hydrogen (secondary N) is 1. The van der Waals surface area contributed by atoms with E-state index in [-0.39, 0.29) is 0 Å². The molecule has 4 saturated carbocycles. The van der Waals surface area contributed by atoms with E-state index in [2.05, 4.69) is 54.7 Å². The Morgan fingerprint density at radius 1 is 0.970 bits per heavy atom. The first-order chi connectivity index (χ1) is 16.1. The van der Waals surface area contributed by atoms with Crippen LogP contribution < -0.4 is 10.1 Å². The molecule has 7 rings (SSSR count). The molecule has 2 aromatic rings. The Labute approximate surface area is 199 Å². The number of ether oxygens (including phenoxy) is 1. The van der Waals surface area contributed by atoms with Gasteiger partial charge < -0.3 is 10.1 Å². The third-order valence-corrected chi connectivity index (χ3v) is 8.83. The smallest absolute Gasteiger partial charge is 0.119 e. The van der Waals surface area contributed by atoms with E-state index in [1.807, 2.05) is 0 Å². The maximum Gasteiger partial charge on any atom is 0.119 e. The van der Waals surface area contributed by atoms with Crippen molar-refractivity contribution < 1.29 is 4.74 Å². The minimum absolute atomic E-state index is 0.354. The summed E-state index contributed by atoms with van der Waals surface area (Å²) in [5, 5.41) is 4.03. The molecule has 3 heteroatoms. The van der Waals surface area contributed by atoms with Crippen LogP contribution in [0.1, 0.15) is 81.4 Å². The van der Waals surface area contributed by atoms with Crippen LogP contribution in [-0.4, -0.2) is 24.4 Å². The number of rotatable bonds is 7. The second kappa shape index (κ2) is 8.49. The first-order valence-electron chi connectivity index (χ1n) is 13.3. The largest absolute Gasteiger partial charge is 0.497 e. The van der Waals surface area contributed by atoms with Gasteiger partial charge in [-0.3, -0.25) is 4.99 Å². The zero-order valence-electron chi connectivity index (χ0n) is 20.3. The first kappa shape index (κ1) is 21.3. The first-order valence-corrected chi connectivity index (χ1v) is 13.3. The molecule has 174 valence electrons. The van der Waals surface area contributed by atoms with E-state index in [9.17, 15) is 0 Å². The molecule has 3 nitrogen and oxygen atoms in total. The Morgan fingerprint density at radius 3 is 2.30 bits per heavy atom. The fourth-order valence-corrected chi connectivity index (χ4v) is 7.77. The minimum atomic E-state index is 0.354. The number of hydrogen-bond acceptors (Lipinski definition) is 3. The predicted molar refractivity (Wildman–Crippen MR) is 137 cm³/mol. The molecule has 33 heavy (non-hydrogen) atoms. The van der Waals surface area contributed by atoms with Crippen LogP contribution in [-0.2, 0) is 6.42 Å². The van der Waals surface area contributed by atoms with E-state index in [0.29, 0.717) is 11.6 Å².